The zero-order valence-electron chi connectivity index (χ0n) is 33.7. The number of unbranched alkanes of at least 4 members (excludes halogenated alkanes) is 1. The van der Waals surface area contributed by atoms with E-state index >= 15 is 0 Å². The number of aryl methyl sites for hydroxylation is 1. The van der Waals surface area contributed by atoms with Crippen molar-refractivity contribution in [3.05, 3.63) is 112 Å². The van der Waals surface area contributed by atoms with Crippen molar-refractivity contribution >= 4 is 39.1 Å². The summed E-state index contributed by atoms with van der Waals surface area (Å²) in [4.78, 5) is 31.1. The highest BCUT2D eigenvalue weighted by molar-refractivity contribution is 7.22. The number of hydrogen-bond acceptors (Lipinski definition) is 10. The fourth-order valence-corrected chi connectivity index (χ4v) is 9.33. The molecule has 1 fully saturated rings. The van der Waals surface area contributed by atoms with Crippen LogP contribution in [0, 0.1) is 12.7 Å². The summed E-state index contributed by atoms with van der Waals surface area (Å²) in [7, 11) is 2.16. The quantitative estimate of drug-likeness (QED) is 0.137. The molecule has 0 saturated carbocycles. The molecule has 0 spiro atoms. The monoisotopic (exact) mass is 837 g/mol. The maximum absolute atomic E-state index is 14.2. The van der Waals surface area contributed by atoms with Crippen molar-refractivity contribution in [1.29, 1.82) is 0 Å². The summed E-state index contributed by atoms with van der Waals surface area (Å²) in [5.41, 5.74) is 6.91. The highest BCUT2D eigenvalue weighted by atomic mass is 35.5. The van der Waals surface area contributed by atoms with Crippen molar-refractivity contribution in [2.24, 2.45) is 0 Å². The van der Waals surface area contributed by atoms with Gasteiger partial charge in [0.1, 0.15) is 29.3 Å². The van der Waals surface area contributed by atoms with E-state index in [1.54, 1.807) is 18.3 Å². The number of carbonyl (C=O) groups is 1. The topological polar surface area (TPSA) is 109 Å². The number of carboxylic acids is 1. The normalized spacial score (nSPS) is 16.7. The first kappa shape index (κ1) is 40.8. The standard InChI is InChI=1S/C45H49ClFN7O4S/c1-4-5-16-54-35(14-15-50-54)27-57-37-13-6-30-23-33(37)24-38(45(55)56)58-43-40-39(42(59-44(40)49-28-48-43)31-7-10-34(47)11-8-31)36-12-9-32(41(46)29(36)2)26-53(25-30)22-21-52-19-17-51(3)18-20-52/h6-15,23,28,38H,4-5,16-22,24-27H2,1-3H3,(H,55,56)/t38-/m1/s1. The molecule has 1 N–H and O–H groups in total. The lowest BCUT2D eigenvalue weighted by atomic mass is 9.94. The van der Waals surface area contributed by atoms with E-state index in [9.17, 15) is 14.3 Å². The van der Waals surface area contributed by atoms with Crippen molar-refractivity contribution < 1.29 is 23.8 Å². The molecule has 59 heavy (non-hydrogen) atoms. The van der Waals surface area contributed by atoms with Crippen molar-refractivity contribution in [3.8, 4) is 33.2 Å². The largest absolute Gasteiger partial charge is 0.487 e. The molecule has 0 amide bonds. The Labute approximate surface area is 353 Å². The number of rotatable bonds is 11. The first-order valence-electron chi connectivity index (χ1n) is 20.2. The molecule has 0 aliphatic carbocycles. The number of benzene rings is 3. The number of nitrogens with zero attached hydrogens (tertiary/aromatic N) is 7. The van der Waals surface area contributed by atoms with Crippen LogP contribution in [0.25, 0.3) is 31.8 Å². The predicted molar refractivity (Wildman–Crippen MR) is 230 cm³/mol. The molecule has 6 aromatic rings. The number of thiophene rings is 1. The second-order valence-electron chi connectivity index (χ2n) is 15.5. The number of hydrogen-bond donors (Lipinski definition) is 1. The van der Waals surface area contributed by atoms with E-state index in [1.807, 2.05) is 29.8 Å². The van der Waals surface area contributed by atoms with Gasteiger partial charge in [-0.25, -0.2) is 19.2 Å². The molecule has 0 unspecified atom stereocenters. The SMILES string of the molecule is CCCCn1nccc1COc1ccc2cc1C[C@H](C(=O)O)Oc1ncnc3sc(-c4ccc(F)cc4)c(c13)-c1ccc(c(Cl)c1C)CN(CCN1CCN(C)CC1)C2. The van der Waals surface area contributed by atoms with Gasteiger partial charge >= 0.3 is 5.97 Å². The molecule has 9 rings (SSSR count). The number of halogens is 2. The lowest BCUT2D eigenvalue weighted by molar-refractivity contribution is -0.145. The summed E-state index contributed by atoms with van der Waals surface area (Å²) < 4.78 is 29.2. The van der Waals surface area contributed by atoms with E-state index in [1.165, 1.54) is 29.8 Å². The smallest absolute Gasteiger partial charge is 0.345 e. The second kappa shape index (κ2) is 18.1. The van der Waals surface area contributed by atoms with Crippen LogP contribution in [0.2, 0.25) is 5.02 Å². The van der Waals surface area contributed by atoms with Crippen LogP contribution >= 0.6 is 22.9 Å². The fourth-order valence-electron chi connectivity index (χ4n) is 7.95. The molecular weight excluding hydrogens is 789 g/mol. The fraction of sp³-hybridized carbons (Fsp3) is 0.378. The third-order valence-corrected chi connectivity index (χ3v) is 13.1. The minimum atomic E-state index is -1.32. The van der Waals surface area contributed by atoms with Gasteiger partial charge in [-0.1, -0.05) is 61.3 Å². The van der Waals surface area contributed by atoms with Gasteiger partial charge in [0.05, 0.1) is 11.1 Å². The molecule has 0 radical (unpaired) electrons. The van der Waals surface area contributed by atoms with Crippen molar-refractivity contribution in [3.63, 3.8) is 0 Å². The van der Waals surface area contributed by atoms with E-state index in [2.05, 4.69) is 61.9 Å². The summed E-state index contributed by atoms with van der Waals surface area (Å²) in [6, 6.07) is 18.5. The van der Waals surface area contributed by atoms with E-state index in [4.69, 9.17) is 21.1 Å². The minimum absolute atomic E-state index is 0.0172. The number of fused-ring (bicyclic) bond motifs is 6. The van der Waals surface area contributed by atoms with Gasteiger partial charge in [0, 0.05) is 87.0 Å². The molecule has 3 aliphatic heterocycles. The van der Waals surface area contributed by atoms with Gasteiger partial charge in [-0.2, -0.15) is 5.10 Å². The Kier molecular flexibility index (Phi) is 12.6. The first-order valence-corrected chi connectivity index (χ1v) is 21.4. The van der Waals surface area contributed by atoms with E-state index in [-0.39, 0.29) is 24.7 Å². The Hall–Kier alpha value is -4.92. The Bertz CT molecular complexity index is 2430. The molecule has 1 saturated heterocycles. The van der Waals surface area contributed by atoms with Crippen molar-refractivity contribution in [2.75, 3.05) is 46.3 Å². The van der Waals surface area contributed by atoms with E-state index in [0.717, 1.165) is 103 Å². The summed E-state index contributed by atoms with van der Waals surface area (Å²) in [5.74, 6) is -0.767. The number of aromatic nitrogens is 4. The van der Waals surface area contributed by atoms with Crippen LogP contribution in [0.3, 0.4) is 0 Å². The summed E-state index contributed by atoms with van der Waals surface area (Å²) >= 11 is 8.77. The van der Waals surface area contributed by atoms with Crippen LogP contribution in [-0.4, -0.2) is 97.9 Å². The van der Waals surface area contributed by atoms with Crippen molar-refractivity contribution in [1.82, 2.24) is 34.4 Å². The van der Waals surface area contributed by atoms with Gasteiger partial charge in [-0.05, 0) is 78.0 Å². The number of aliphatic carboxylic acids is 1. The predicted octanol–water partition coefficient (Wildman–Crippen LogP) is 8.34. The molecule has 4 bridgehead atoms. The number of carboxylic acid groups (broad SMARTS) is 1. The highest BCUT2D eigenvalue weighted by Crippen LogP contribution is 2.49. The third kappa shape index (κ3) is 9.14. The van der Waals surface area contributed by atoms with Gasteiger partial charge < -0.3 is 19.5 Å². The zero-order valence-corrected chi connectivity index (χ0v) is 35.2. The van der Waals surface area contributed by atoms with Gasteiger partial charge in [-0.3, -0.25) is 14.5 Å². The minimum Gasteiger partial charge on any atom is -0.487 e. The van der Waals surface area contributed by atoms with Crippen LogP contribution in [0.5, 0.6) is 11.6 Å². The van der Waals surface area contributed by atoms with Crippen LogP contribution in [-0.2, 0) is 37.5 Å². The van der Waals surface area contributed by atoms with E-state index in [0.29, 0.717) is 39.6 Å². The maximum atomic E-state index is 14.2. The second-order valence-corrected chi connectivity index (χ2v) is 16.9. The van der Waals surface area contributed by atoms with Gasteiger partial charge in [0.25, 0.3) is 0 Å². The molecule has 308 valence electrons. The van der Waals surface area contributed by atoms with Crippen LogP contribution in [0.15, 0.2) is 73.2 Å². The summed E-state index contributed by atoms with van der Waals surface area (Å²) in [6.07, 6.45) is 3.91. The molecule has 14 heteroatoms. The highest BCUT2D eigenvalue weighted by Gasteiger charge is 2.29. The molecule has 3 aliphatic rings. The third-order valence-electron chi connectivity index (χ3n) is 11.4. The molecule has 6 heterocycles. The summed E-state index contributed by atoms with van der Waals surface area (Å²) in [6.45, 7) is 12.2. The maximum Gasteiger partial charge on any atom is 0.345 e. The molecule has 11 nitrogen and oxygen atoms in total. The first-order chi connectivity index (χ1) is 28.6. The molecule has 1 atom stereocenters. The Balaban J connectivity index is 1.24. The lowest BCUT2D eigenvalue weighted by Gasteiger charge is -2.34. The van der Waals surface area contributed by atoms with E-state index < -0.39 is 12.1 Å². The van der Waals surface area contributed by atoms with Gasteiger partial charge in [0.15, 0.2) is 0 Å². The number of piperazine rings is 1. The Morgan fingerprint density at radius 2 is 1.78 bits per heavy atom. The number of likely N-dealkylation sites (N-methyl/N-ethyl adjacent to an activating group) is 1. The number of ether oxygens (including phenoxy) is 2. The van der Waals surface area contributed by atoms with Crippen molar-refractivity contribution in [2.45, 2.75) is 65.5 Å². The van der Waals surface area contributed by atoms with Gasteiger partial charge in [-0.15, -0.1) is 11.3 Å². The average molecular weight is 838 g/mol. The van der Waals surface area contributed by atoms with Crippen LogP contribution in [0.1, 0.15) is 47.7 Å². The Morgan fingerprint density at radius 1 is 0.983 bits per heavy atom. The molecular formula is C45H49ClFN7O4S. The van der Waals surface area contributed by atoms with Crippen LogP contribution in [0.4, 0.5) is 4.39 Å². The Morgan fingerprint density at radius 3 is 2.56 bits per heavy atom. The lowest BCUT2D eigenvalue weighted by Crippen LogP contribution is -2.46. The van der Waals surface area contributed by atoms with Crippen LogP contribution < -0.4 is 9.47 Å². The summed E-state index contributed by atoms with van der Waals surface area (Å²) in [5, 5.41) is 16.5. The molecule has 3 aromatic heterocycles. The molecule has 3 aromatic carbocycles. The van der Waals surface area contributed by atoms with Gasteiger partial charge in [0.2, 0.25) is 12.0 Å². The zero-order chi connectivity index (χ0) is 41.0. The average Bonchev–Trinajstić information content (AvgIpc) is 3.85.